The molecule has 72 valence electrons. The van der Waals surface area contributed by atoms with Gasteiger partial charge in [0, 0.05) is 6.08 Å². The van der Waals surface area contributed by atoms with Gasteiger partial charge in [-0.2, -0.15) is 0 Å². The number of carbonyl (C=O) groups excluding carboxylic acids is 2. The van der Waals surface area contributed by atoms with E-state index in [0.29, 0.717) is 5.01 Å². The van der Waals surface area contributed by atoms with Crippen molar-refractivity contribution in [3.8, 4) is 0 Å². The van der Waals surface area contributed by atoms with Gasteiger partial charge in [-0.05, 0) is 6.92 Å². The molecule has 2 amide bonds. The third-order valence-electron chi connectivity index (χ3n) is 1.08. The molecule has 0 saturated heterocycles. The minimum Gasteiger partial charge on any atom is -0.480 e. The molecular weight excluding hydrogens is 176 g/mol. The highest BCUT2D eigenvalue weighted by molar-refractivity contribution is 5.90. The van der Waals surface area contributed by atoms with Gasteiger partial charge < -0.3 is 5.11 Å². The zero-order valence-corrected chi connectivity index (χ0v) is 7.06. The van der Waals surface area contributed by atoms with Gasteiger partial charge >= 0.3 is 5.97 Å². The van der Waals surface area contributed by atoms with Crippen molar-refractivity contribution in [1.29, 1.82) is 0 Å². The standard InChI is InChI=1S/C7H10N2O4/c1-2-3-6(11)9(8-5-10)4-7(12)13/h2-3,5H,4H2,1H3,(H,8,10)(H,12,13)/b3-2+. The summed E-state index contributed by atoms with van der Waals surface area (Å²) in [6.07, 6.45) is 2.84. The Labute approximate surface area is 74.8 Å². The Hall–Kier alpha value is -1.85. The second-order valence-electron chi connectivity index (χ2n) is 2.07. The van der Waals surface area contributed by atoms with Gasteiger partial charge in [0.1, 0.15) is 6.54 Å². The first-order chi connectivity index (χ1) is 6.11. The number of carboxylic acids is 1. The van der Waals surface area contributed by atoms with E-state index in [0.717, 1.165) is 6.08 Å². The van der Waals surface area contributed by atoms with E-state index in [1.165, 1.54) is 6.08 Å². The molecule has 2 N–H and O–H groups in total. The molecule has 0 aromatic carbocycles. The minimum atomic E-state index is -1.20. The summed E-state index contributed by atoms with van der Waals surface area (Å²) in [6.45, 7) is 1.04. The number of carboxylic acid groups (broad SMARTS) is 1. The topological polar surface area (TPSA) is 86.7 Å². The first-order valence-corrected chi connectivity index (χ1v) is 3.47. The van der Waals surface area contributed by atoms with E-state index in [9.17, 15) is 14.4 Å². The van der Waals surface area contributed by atoms with E-state index in [1.807, 2.05) is 5.43 Å². The second-order valence-corrected chi connectivity index (χ2v) is 2.07. The summed E-state index contributed by atoms with van der Waals surface area (Å²) in [5.41, 5.74) is 1.97. The van der Waals surface area contributed by atoms with Gasteiger partial charge in [-0.1, -0.05) is 6.08 Å². The van der Waals surface area contributed by atoms with Crippen molar-refractivity contribution in [1.82, 2.24) is 10.4 Å². The quantitative estimate of drug-likeness (QED) is 0.332. The fourth-order valence-corrected chi connectivity index (χ4v) is 0.619. The summed E-state index contributed by atoms with van der Waals surface area (Å²) in [5.74, 6) is -1.79. The molecule has 0 aliphatic carbocycles. The van der Waals surface area contributed by atoms with Crippen molar-refractivity contribution in [2.75, 3.05) is 6.54 Å². The summed E-state index contributed by atoms with van der Waals surface area (Å²) >= 11 is 0. The van der Waals surface area contributed by atoms with Crippen molar-refractivity contribution in [2.24, 2.45) is 0 Å². The third-order valence-corrected chi connectivity index (χ3v) is 1.08. The highest BCUT2D eigenvalue weighted by Gasteiger charge is 2.12. The predicted octanol–water partition coefficient (Wildman–Crippen LogP) is -0.863. The van der Waals surface area contributed by atoms with Crippen LogP contribution in [0.5, 0.6) is 0 Å². The number of nitrogens with zero attached hydrogens (tertiary/aromatic N) is 1. The van der Waals surface area contributed by atoms with Gasteiger partial charge in [0.25, 0.3) is 5.91 Å². The predicted molar refractivity (Wildman–Crippen MR) is 43.4 cm³/mol. The summed E-state index contributed by atoms with van der Waals surface area (Å²) in [5, 5.41) is 9.04. The van der Waals surface area contributed by atoms with Crippen LogP contribution in [0.2, 0.25) is 0 Å². The van der Waals surface area contributed by atoms with E-state index in [1.54, 1.807) is 6.92 Å². The molecule has 0 spiro atoms. The van der Waals surface area contributed by atoms with Crippen LogP contribution in [0.4, 0.5) is 0 Å². The molecule has 0 saturated carbocycles. The molecule has 0 heterocycles. The third kappa shape index (κ3) is 4.57. The minimum absolute atomic E-state index is 0.240. The fourth-order valence-electron chi connectivity index (χ4n) is 0.619. The van der Waals surface area contributed by atoms with Crippen molar-refractivity contribution in [2.45, 2.75) is 6.92 Å². The Morgan fingerprint density at radius 2 is 2.15 bits per heavy atom. The van der Waals surface area contributed by atoms with Crippen molar-refractivity contribution in [3.63, 3.8) is 0 Å². The lowest BCUT2D eigenvalue weighted by atomic mass is 10.4. The Morgan fingerprint density at radius 3 is 2.54 bits per heavy atom. The van der Waals surface area contributed by atoms with Crippen LogP contribution in [-0.2, 0) is 14.4 Å². The summed E-state index contributed by atoms with van der Waals surface area (Å²) in [4.78, 5) is 31.2. The van der Waals surface area contributed by atoms with Gasteiger partial charge in [-0.25, -0.2) is 5.01 Å². The van der Waals surface area contributed by atoms with E-state index < -0.39 is 18.4 Å². The van der Waals surface area contributed by atoms with Crippen LogP contribution in [0.3, 0.4) is 0 Å². The number of allylic oxidation sites excluding steroid dienone is 1. The highest BCUT2D eigenvalue weighted by Crippen LogP contribution is 1.86. The average molecular weight is 186 g/mol. The molecule has 0 atom stereocenters. The lowest BCUT2D eigenvalue weighted by molar-refractivity contribution is -0.145. The molecule has 0 rings (SSSR count). The first-order valence-electron chi connectivity index (χ1n) is 3.47. The van der Waals surface area contributed by atoms with Crippen LogP contribution in [-0.4, -0.2) is 34.9 Å². The Balaban J connectivity index is 4.30. The maximum absolute atomic E-state index is 11.0. The van der Waals surface area contributed by atoms with Crippen molar-refractivity contribution in [3.05, 3.63) is 12.2 Å². The van der Waals surface area contributed by atoms with Gasteiger partial charge in [-0.15, -0.1) is 0 Å². The Morgan fingerprint density at radius 1 is 1.54 bits per heavy atom. The van der Waals surface area contributed by atoms with Crippen LogP contribution in [0.25, 0.3) is 0 Å². The maximum Gasteiger partial charge on any atom is 0.325 e. The number of carbonyl (C=O) groups is 3. The van der Waals surface area contributed by atoms with Gasteiger partial charge in [0.15, 0.2) is 0 Å². The molecule has 6 nitrogen and oxygen atoms in total. The number of amides is 2. The monoisotopic (exact) mass is 186 g/mol. The molecule has 0 aromatic heterocycles. The molecular formula is C7H10N2O4. The van der Waals surface area contributed by atoms with Gasteiger partial charge in [0.2, 0.25) is 6.41 Å². The molecule has 0 aromatic rings. The zero-order valence-electron chi connectivity index (χ0n) is 7.06. The molecule has 0 aliphatic heterocycles. The number of hydrazine groups is 1. The lowest BCUT2D eigenvalue weighted by Crippen LogP contribution is -2.44. The van der Waals surface area contributed by atoms with Gasteiger partial charge in [0.05, 0.1) is 0 Å². The zero-order chi connectivity index (χ0) is 10.3. The Kier molecular flexibility index (Phi) is 4.94. The number of nitrogens with one attached hydrogen (secondary N) is 1. The molecule has 0 unspecified atom stereocenters. The molecule has 0 aliphatic rings. The number of hydrogen-bond donors (Lipinski definition) is 2. The van der Waals surface area contributed by atoms with E-state index >= 15 is 0 Å². The number of hydrogen-bond acceptors (Lipinski definition) is 3. The number of rotatable bonds is 5. The lowest BCUT2D eigenvalue weighted by Gasteiger charge is -2.16. The smallest absolute Gasteiger partial charge is 0.325 e. The average Bonchev–Trinajstić information content (AvgIpc) is 2.03. The van der Waals surface area contributed by atoms with E-state index in [-0.39, 0.29) is 6.41 Å². The van der Waals surface area contributed by atoms with Crippen LogP contribution in [0.15, 0.2) is 12.2 Å². The van der Waals surface area contributed by atoms with Gasteiger partial charge in [-0.3, -0.25) is 19.8 Å². The van der Waals surface area contributed by atoms with Crippen LogP contribution in [0.1, 0.15) is 6.92 Å². The maximum atomic E-state index is 11.0. The molecule has 0 bridgehead atoms. The summed E-state index contributed by atoms with van der Waals surface area (Å²) in [6, 6.07) is 0. The van der Waals surface area contributed by atoms with Crippen LogP contribution < -0.4 is 5.43 Å². The fraction of sp³-hybridized carbons (Fsp3) is 0.286. The van der Waals surface area contributed by atoms with Crippen LogP contribution >= 0.6 is 0 Å². The Bertz CT molecular complexity index is 237. The SMILES string of the molecule is C/C=C/C(=O)N(CC(=O)O)NC=O. The molecule has 6 heteroatoms. The van der Waals surface area contributed by atoms with Crippen molar-refractivity contribution < 1.29 is 19.5 Å². The molecule has 0 fully saturated rings. The normalized spacial score (nSPS) is 9.62. The number of aliphatic carboxylic acids is 1. The largest absolute Gasteiger partial charge is 0.480 e. The van der Waals surface area contributed by atoms with E-state index in [4.69, 9.17) is 5.11 Å². The van der Waals surface area contributed by atoms with Crippen molar-refractivity contribution >= 4 is 18.3 Å². The molecule has 0 radical (unpaired) electrons. The van der Waals surface area contributed by atoms with Crippen LogP contribution in [0, 0.1) is 0 Å². The molecule has 13 heavy (non-hydrogen) atoms. The van der Waals surface area contributed by atoms with E-state index in [2.05, 4.69) is 0 Å². The second kappa shape index (κ2) is 5.76. The summed E-state index contributed by atoms with van der Waals surface area (Å²) in [7, 11) is 0. The summed E-state index contributed by atoms with van der Waals surface area (Å²) < 4.78 is 0. The first kappa shape index (κ1) is 11.2. The highest BCUT2D eigenvalue weighted by atomic mass is 16.4.